The molecule has 0 unspecified atom stereocenters. The Morgan fingerprint density at radius 3 is 2.76 bits per heavy atom. The topological polar surface area (TPSA) is 45.7 Å². The summed E-state index contributed by atoms with van der Waals surface area (Å²) in [5, 5.41) is 6.79. The van der Waals surface area contributed by atoms with Crippen LogP contribution in [-0.4, -0.2) is 45.6 Å². The van der Waals surface area contributed by atoms with E-state index in [4.69, 9.17) is 4.74 Å². The van der Waals surface area contributed by atoms with Crippen LogP contribution in [0.25, 0.3) is 0 Å². The second kappa shape index (κ2) is 10.7. The van der Waals surface area contributed by atoms with Crippen molar-refractivity contribution in [3.8, 4) is 0 Å². The van der Waals surface area contributed by atoms with Crippen LogP contribution in [0.3, 0.4) is 0 Å². The highest BCUT2D eigenvalue weighted by molar-refractivity contribution is 7.98. The molecule has 2 N–H and O–H groups in total. The standard InChI is InChI=1S/C19H30FN3OS/c1-21-18(23-15-19(8-5-9-19)10-12-24-2)22-11-13-25-14-16-6-3-4-7-17(16)20/h3-4,6-7H,5,8-15H2,1-2H3,(H2,21,22,23). The summed E-state index contributed by atoms with van der Waals surface area (Å²) in [7, 11) is 3.56. The van der Waals surface area contributed by atoms with Crippen LogP contribution < -0.4 is 10.6 Å². The first-order chi connectivity index (χ1) is 12.2. The van der Waals surface area contributed by atoms with E-state index in [-0.39, 0.29) is 5.82 Å². The molecule has 0 bridgehead atoms. The van der Waals surface area contributed by atoms with E-state index in [2.05, 4.69) is 15.6 Å². The number of guanidine groups is 1. The van der Waals surface area contributed by atoms with Crippen molar-refractivity contribution < 1.29 is 9.13 Å². The van der Waals surface area contributed by atoms with E-state index in [1.54, 1.807) is 32.0 Å². The fourth-order valence-electron chi connectivity index (χ4n) is 3.04. The van der Waals surface area contributed by atoms with E-state index >= 15 is 0 Å². The summed E-state index contributed by atoms with van der Waals surface area (Å²) in [6.45, 7) is 2.57. The van der Waals surface area contributed by atoms with E-state index in [1.165, 1.54) is 25.3 Å². The van der Waals surface area contributed by atoms with Crippen molar-refractivity contribution in [2.75, 3.05) is 39.6 Å². The van der Waals surface area contributed by atoms with Gasteiger partial charge in [-0.3, -0.25) is 4.99 Å². The molecule has 0 spiro atoms. The molecule has 0 amide bonds. The Morgan fingerprint density at radius 1 is 1.32 bits per heavy atom. The minimum Gasteiger partial charge on any atom is -0.385 e. The quantitative estimate of drug-likeness (QED) is 0.378. The van der Waals surface area contributed by atoms with Crippen LogP contribution >= 0.6 is 11.8 Å². The third-order valence-electron chi connectivity index (χ3n) is 4.86. The summed E-state index contributed by atoms with van der Waals surface area (Å²) < 4.78 is 18.8. The maximum absolute atomic E-state index is 13.6. The predicted octanol–water partition coefficient (Wildman–Crippen LogP) is 3.43. The zero-order valence-corrected chi connectivity index (χ0v) is 16.1. The zero-order chi connectivity index (χ0) is 18.0. The molecule has 0 aromatic heterocycles. The van der Waals surface area contributed by atoms with Crippen LogP contribution in [0, 0.1) is 11.2 Å². The van der Waals surface area contributed by atoms with Crippen molar-refractivity contribution in [1.29, 1.82) is 0 Å². The molecule has 6 heteroatoms. The Morgan fingerprint density at radius 2 is 2.12 bits per heavy atom. The van der Waals surface area contributed by atoms with Crippen LogP contribution in [0.1, 0.15) is 31.2 Å². The first-order valence-electron chi connectivity index (χ1n) is 8.94. The van der Waals surface area contributed by atoms with Crippen LogP contribution in [0.5, 0.6) is 0 Å². The molecule has 25 heavy (non-hydrogen) atoms. The second-order valence-electron chi connectivity index (χ2n) is 6.59. The lowest BCUT2D eigenvalue weighted by Crippen LogP contribution is -2.47. The molecule has 0 atom stereocenters. The summed E-state index contributed by atoms with van der Waals surface area (Å²) >= 11 is 1.72. The molecule has 2 rings (SSSR count). The van der Waals surface area contributed by atoms with E-state index < -0.39 is 0 Å². The molecule has 1 aromatic carbocycles. The number of nitrogens with zero attached hydrogens (tertiary/aromatic N) is 1. The Bertz CT molecular complexity index is 549. The maximum atomic E-state index is 13.6. The van der Waals surface area contributed by atoms with E-state index in [9.17, 15) is 4.39 Å². The van der Waals surface area contributed by atoms with Gasteiger partial charge in [-0.15, -0.1) is 0 Å². The van der Waals surface area contributed by atoms with Gasteiger partial charge in [0.1, 0.15) is 5.82 Å². The lowest BCUT2D eigenvalue weighted by atomic mass is 9.67. The molecule has 0 saturated heterocycles. The molecule has 1 saturated carbocycles. The van der Waals surface area contributed by atoms with Crippen LogP contribution in [0.2, 0.25) is 0 Å². The number of benzene rings is 1. The van der Waals surface area contributed by atoms with Crippen LogP contribution in [0.15, 0.2) is 29.3 Å². The molecule has 1 fully saturated rings. The van der Waals surface area contributed by atoms with Gasteiger partial charge in [0.15, 0.2) is 5.96 Å². The Kier molecular flexibility index (Phi) is 8.55. The molecule has 140 valence electrons. The third kappa shape index (κ3) is 6.51. The Balaban J connectivity index is 1.63. The third-order valence-corrected chi connectivity index (χ3v) is 5.87. The van der Waals surface area contributed by atoms with Gasteiger partial charge < -0.3 is 15.4 Å². The van der Waals surface area contributed by atoms with Gasteiger partial charge in [0.25, 0.3) is 0 Å². The number of aliphatic imine (C=N–C) groups is 1. The molecule has 0 aliphatic heterocycles. The lowest BCUT2D eigenvalue weighted by Gasteiger charge is -2.42. The van der Waals surface area contributed by atoms with Crippen molar-refractivity contribution in [2.24, 2.45) is 10.4 Å². The normalized spacial score (nSPS) is 16.4. The van der Waals surface area contributed by atoms with Gasteiger partial charge in [0.2, 0.25) is 0 Å². The predicted molar refractivity (Wildman–Crippen MR) is 105 cm³/mol. The minimum absolute atomic E-state index is 0.123. The average molecular weight is 368 g/mol. The zero-order valence-electron chi connectivity index (χ0n) is 15.3. The summed E-state index contributed by atoms with van der Waals surface area (Å²) in [5.41, 5.74) is 1.13. The Labute approximate surface area is 155 Å². The van der Waals surface area contributed by atoms with Gasteiger partial charge in [-0.2, -0.15) is 11.8 Å². The van der Waals surface area contributed by atoms with Gasteiger partial charge in [-0.1, -0.05) is 24.6 Å². The smallest absolute Gasteiger partial charge is 0.191 e. The highest BCUT2D eigenvalue weighted by Crippen LogP contribution is 2.43. The van der Waals surface area contributed by atoms with Crippen molar-refractivity contribution in [3.63, 3.8) is 0 Å². The summed E-state index contributed by atoms with van der Waals surface area (Å²) in [6.07, 6.45) is 4.94. The van der Waals surface area contributed by atoms with Crippen molar-refractivity contribution in [1.82, 2.24) is 10.6 Å². The number of thioether (sulfide) groups is 1. The molecule has 4 nitrogen and oxygen atoms in total. The molecule has 1 aliphatic carbocycles. The molecule has 0 radical (unpaired) electrons. The second-order valence-corrected chi connectivity index (χ2v) is 7.70. The van der Waals surface area contributed by atoms with Gasteiger partial charge in [-0.25, -0.2) is 4.39 Å². The number of halogens is 1. The number of rotatable bonds is 10. The summed E-state index contributed by atoms with van der Waals surface area (Å²) in [6, 6.07) is 6.96. The van der Waals surface area contributed by atoms with Crippen molar-refractivity contribution in [3.05, 3.63) is 35.6 Å². The summed E-state index contributed by atoms with van der Waals surface area (Å²) in [4.78, 5) is 4.29. The molecule has 0 heterocycles. The van der Waals surface area contributed by atoms with Crippen molar-refractivity contribution >= 4 is 17.7 Å². The minimum atomic E-state index is -0.123. The highest BCUT2D eigenvalue weighted by atomic mass is 32.2. The largest absolute Gasteiger partial charge is 0.385 e. The SMILES string of the molecule is CN=C(NCCSCc1ccccc1F)NCC1(CCOC)CCC1. The molecule has 1 aromatic rings. The van der Waals surface area contributed by atoms with Crippen LogP contribution in [0.4, 0.5) is 4.39 Å². The number of hydrogen-bond donors (Lipinski definition) is 2. The first kappa shape index (κ1) is 20.0. The summed E-state index contributed by atoms with van der Waals surface area (Å²) in [5.74, 6) is 2.32. The fourth-order valence-corrected chi connectivity index (χ4v) is 3.89. The van der Waals surface area contributed by atoms with Gasteiger partial charge in [0.05, 0.1) is 0 Å². The number of ether oxygens (including phenoxy) is 1. The lowest BCUT2D eigenvalue weighted by molar-refractivity contribution is 0.0733. The average Bonchev–Trinajstić information content (AvgIpc) is 2.59. The molecule has 1 aliphatic rings. The molecular formula is C19H30FN3OS. The van der Waals surface area contributed by atoms with Gasteiger partial charge >= 0.3 is 0 Å². The molecular weight excluding hydrogens is 337 g/mol. The monoisotopic (exact) mass is 367 g/mol. The highest BCUT2D eigenvalue weighted by Gasteiger charge is 2.36. The fraction of sp³-hybridized carbons (Fsp3) is 0.632. The maximum Gasteiger partial charge on any atom is 0.191 e. The van der Waals surface area contributed by atoms with Crippen LogP contribution in [-0.2, 0) is 10.5 Å². The van der Waals surface area contributed by atoms with E-state index in [0.29, 0.717) is 11.2 Å². The Hall–Kier alpha value is -1.27. The van der Waals surface area contributed by atoms with Gasteiger partial charge in [-0.05, 0) is 36.3 Å². The number of methoxy groups -OCH3 is 1. The van der Waals surface area contributed by atoms with E-state index in [0.717, 1.165) is 43.4 Å². The van der Waals surface area contributed by atoms with Gasteiger partial charge in [0, 0.05) is 45.4 Å². The first-order valence-corrected chi connectivity index (χ1v) is 10.1. The van der Waals surface area contributed by atoms with Crippen molar-refractivity contribution in [2.45, 2.75) is 31.4 Å². The number of hydrogen-bond acceptors (Lipinski definition) is 3. The number of nitrogens with one attached hydrogen (secondary N) is 2. The van der Waals surface area contributed by atoms with E-state index in [1.807, 2.05) is 12.1 Å².